The summed E-state index contributed by atoms with van der Waals surface area (Å²) in [4.78, 5) is 11.9. The first-order valence-electron chi connectivity index (χ1n) is 7.43. The summed E-state index contributed by atoms with van der Waals surface area (Å²) in [5.74, 6) is -1.26. The molecule has 0 bridgehead atoms. The van der Waals surface area contributed by atoms with Gasteiger partial charge in [-0.25, -0.2) is 12.8 Å². The summed E-state index contributed by atoms with van der Waals surface area (Å²) in [5.41, 5.74) is 0.245. The molecule has 0 saturated heterocycles. The number of carbonyl (C=O) groups excluding carboxylic acids is 1. The molecule has 0 atom stereocenters. The Morgan fingerprint density at radius 2 is 1.68 bits per heavy atom. The van der Waals surface area contributed by atoms with Gasteiger partial charge in [-0.1, -0.05) is 11.6 Å². The van der Waals surface area contributed by atoms with E-state index in [1.165, 1.54) is 24.3 Å². The number of nitrogens with zero attached hydrogens (tertiary/aromatic N) is 1. The molecular formula is C17H17ClFNO4S. The molecule has 0 aliphatic rings. The van der Waals surface area contributed by atoms with E-state index in [1.807, 2.05) is 0 Å². The predicted octanol–water partition coefficient (Wildman–Crippen LogP) is 3.63. The number of anilines is 1. The van der Waals surface area contributed by atoms with E-state index in [1.54, 1.807) is 13.8 Å². The fraction of sp³-hybridized carbons (Fsp3) is 0.235. The summed E-state index contributed by atoms with van der Waals surface area (Å²) in [6.45, 7) is 2.82. The summed E-state index contributed by atoms with van der Waals surface area (Å²) < 4.78 is 44.9. The summed E-state index contributed by atoms with van der Waals surface area (Å²) in [6.07, 6.45) is -0.381. The summed E-state index contributed by atoms with van der Waals surface area (Å²) in [7, 11) is -4.09. The maximum Gasteiger partial charge on any atom is 0.327 e. The summed E-state index contributed by atoms with van der Waals surface area (Å²) in [5, 5.41) is 0.424. The van der Waals surface area contributed by atoms with Gasteiger partial charge in [0.25, 0.3) is 10.0 Å². The van der Waals surface area contributed by atoms with Gasteiger partial charge in [-0.3, -0.25) is 9.10 Å². The van der Waals surface area contributed by atoms with E-state index in [-0.39, 0.29) is 16.7 Å². The van der Waals surface area contributed by atoms with Crippen LogP contribution in [0.5, 0.6) is 0 Å². The lowest BCUT2D eigenvalue weighted by atomic mass is 10.3. The highest BCUT2D eigenvalue weighted by Gasteiger charge is 2.28. The van der Waals surface area contributed by atoms with E-state index in [0.29, 0.717) is 5.02 Å². The van der Waals surface area contributed by atoms with Crippen LogP contribution in [0, 0.1) is 5.82 Å². The number of sulfonamides is 1. The molecule has 0 unspecified atom stereocenters. The molecule has 0 spiro atoms. The topological polar surface area (TPSA) is 63.7 Å². The minimum atomic E-state index is -4.09. The van der Waals surface area contributed by atoms with Gasteiger partial charge in [-0.05, 0) is 62.4 Å². The van der Waals surface area contributed by atoms with Crippen LogP contribution >= 0.6 is 11.6 Å². The average Bonchev–Trinajstić information content (AvgIpc) is 2.53. The molecule has 8 heteroatoms. The molecule has 2 aromatic rings. The molecule has 134 valence electrons. The van der Waals surface area contributed by atoms with Gasteiger partial charge < -0.3 is 4.74 Å². The molecule has 0 aliphatic heterocycles. The van der Waals surface area contributed by atoms with Gasteiger partial charge in [-0.15, -0.1) is 0 Å². The van der Waals surface area contributed by atoms with Crippen LogP contribution in [-0.2, 0) is 19.6 Å². The molecule has 25 heavy (non-hydrogen) atoms. The molecule has 0 saturated carbocycles. The SMILES string of the molecule is CC(C)OC(=O)CN(c1ccc(Cl)cc1)S(=O)(=O)c1ccc(F)cc1. The Hall–Kier alpha value is -2.12. The highest BCUT2D eigenvalue weighted by atomic mass is 35.5. The Labute approximate surface area is 151 Å². The zero-order valence-corrected chi connectivity index (χ0v) is 15.2. The van der Waals surface area contributed by atoms with Gasteiger partial charge in [0.05, 0.1) is 16.7 Å². The quantitative estimate of drug-likeness (QED) is 0.712. The summed E-state index contributed by atoms with van der Waals surface area (Å²) >= 11 is 5.84. The van der Waals surface area contributed by atoms with Gasteiger partial charge in [0, 0.05) is 5.02 Å². The molecular weight excluding hydrogens is 369 g/mol. The minimum absolute atomic E-state index is 0.138. The van der Waals surface area contributed by atoms with Crippen molar-refractivity contribution in [2.24, 2.45) is 0 Å². The number of hydrogen-bond acceptors (Lipinski definition) is 4. The first-order valence-corrected chi connectivity index (χ1v) is 9.25. The number of halogens is 2. The number of esters is 1. The van der Waals surface area contributed by atoms with Crippen molar-refractivity contribution < 1.29 is 22.3 Å². The van der Waals surface area contributed by atoms with Gasteiger partial charge in [0.1, 0.15) is 12.4 Å². The Bertz CT molecular complexity index is 836. The highest BCUT2D eigenvalue weighted by Crippen LogP contribution is 2.25. The third-order valence-electron chi connectivity index (χ3n) is 3.16. The van der Waals surface area contributed by atoms with E-state index in [2.05, 4.69) is 0 Å². The lowest BCUT2D eigenvalue weighted by molar-refractivity contribution is -0.145. The molecule has 0 N–H and O–H groups in total. The first kappa shape index (κ1) is 19.2. The van der Waals surface area contributed by atoms with Crippen molar-refractivity contribution in [2.45, 2.75) is 24.8 Å². The van der Waals surface area contributed by atoms with Crippen molar-refractivity contribution in [3.8, 4) is 0 Å². The van der Waals surface area contributed by atoms with Crippen molar-refractivity contribution in [2.75, 3.05) is 10.8 Å². The van der Waals surface area contributed by atoms with E-state index >= 15 is 0 Å². The molecule has 0 radical (unpaired) electrons. The third kappa shape index (κ3) is 4.93. The molecule has 0 aliphatic carbocycles. The van der Waals surface area contributed by atoms with Crippen molar-refractivity contribution >= 4 is 33.3 Å². The Kier molecular flexibility index (Phi) is 6.02. The van der Waals surface area contributed by atoms with Crippen LogP contribution in [0.4, 0.5) is 10.1 Å². The van der Waals surface area contributed by atoms with Crippen LogP contribution in [0.2, 0.25) is 5.02 Å². The Morgan fingerprint density at radius 3 is 2.20 bits per heavy atom. The summed E-state index contributed by atoms with van der Waals surface area (Å²) in [6, 6.07) is 10.3. The third-order valence-corrected chi connectivity index (χ3v) is 5.20. The van der Waals surface area contributed by atoms with E-state index in [9.17, 15) is 17.6 Å². The van der Waals surface area contributed by atoms with Crippen LogP contribution in [0.15, 0.2) is 53.4 Å². The molecule has 0 fully saturated rings. The van der Waals surface area contributed by atoms with Crippen LogP contribution in [0.3, 0.4) is 0 Å². The van der Waals surface area contributed by atoms with Gasteiger partial charge >= 0.3 is 5.97 Å². The van der Waals surface area contributed by atoms with Gasteiger partial charge in [0.2, 0.25) is 0 Å². The van der Waals surface area contributed by atoms with E-state index < -0.39 is 28.4 Å². The fourth-order valence-corrected chi connectivity index (χ4v) is 3.61. The number of ether oxygens (including phenoxy) is 1. The predicted molar refractivity (Wildman–Crippen MR) is 93.6 cm³/mol. The maximum atomic E-state index is 13.1. The number of carbonyl (C=O) groups is 1. The van der Waals surface area contributed by atoms with Crippen LogP contribution in [0.1, 0.15) is 13.8 Å². The molecule has 5 nitrogen and oxygen atoms in total. The average molecular weight is 386 g/mol. The number of hydrogen-bond donors (Lipinski definition) is 0. The monoisotopic (exact) mass is 385 g/mol. The fourth-order valence-electron chi connectivity index (χ4n) is 2.07. The number of rotatable bonds is 6. The zero-order chi connectivity index (χ0) is 18.6. The smallest absolute Gasteiger partial charge is 0.327 e. The Morgan fingerprint density at radius 1 is 1.12 bits per heavy atom. The lowest BCUT2D eigenvalue weighted by Crippen LogP contribution is -2.37. The molecule has 2 rings (SSSR count). The van der Waals surface area contributed by atoms with Crippen molar-refractivity contribution in [3.63, 3.8) is 0 Å². The second kappa shape index (κ2) is 7.84. The van der Waals surface area contributed by atoms with E-state index in [0.717, 1.165) is 28.6 Å². The van der Waals surface area contributed by atoms with Gasteiger partial charge in [-0.2, -0.15) is 0 Å². The van der Waals surface area contributed by atoms with Crippen molar-refractivity contribution in [1.82, 2.24) is 0 Å². The maximum absolute atomic E-state index is 13.1. The highest BCUT2D eigenvalue weighted by molar-refractivity contribution is 7.92. The van der Waals surface area contributed by atoms with Crippen molar-refractivity contribution in [1.29, 1.82) is 0 Å². The van der Waals surface area contributed by atoms with E-state index in [4.69, 9.17) is 16.3 Å². The second-order valence-corrected chi connectivity index (χ2v) is 7.78. The lowest BCUT2D eigenvalue weighted by Gasteiger charge is -2.24. The van der Waals surface area contributed by atoms with Crippen LogP contribution < -0.4 is 4.31 Å². The second-order valence-electron chi connectivity index (χ2n) is 5.48. The van der Waals surface area contributed by atoms with Crippen LogP contribution in [0.25, 0.3) is 0 Å². The van der Waals surface area contributed by atoms with Crippen molar-refractivity contribution in [3.05, 3.63) is 59.4 Å². The Balaban J connectivity index is 2.44. The number of benzene rings is 2. The molecule has 0 heterocycles. The van der Waals surface area contributed by atoms with Gasteiger partial charge in [0.15, 0.2) is 0 Å². The standard InChI is InChI=1S/C17H17ClFNO4S/c1-12(2)24-17(21)11-20(15-7-3-13(18)4-8-15)25(22,23)16-9-5-14(19)6-10-16/h3-10,12H,11H2,1-2H3. The minimum Gasteiger partial charge on any atom is -0.462 e. The molecule has 0 aromatic heterocycles. The largest absolute Gasteiger partial charge is 0.462 e. The normalized spacial score (nSPS) is 11.4. The van der Waals surface area contributed by atoms with Crippen LogP contribution in [-0.4, -0.2) is 27.0 Å². The first-order chi connectivity index (χ1) is 11.7. The molecule has 0 amide bonds. The molecule has 2 aromatic carbocycles. The zero-order valence-electron chi connectivity index (χ0n) is 13.6.